The number of benzene rings is 2. The molecule has 2 aliphatic heterocycles. The van der Waals surface area contributed by atoms with Gasteiger partial charge in [-0.2, -0.15) is 17.5 Å². The van der Waals surface area contributed by atoms with Gasteiger partial charge in [0.1, 0.15) is 17.7 Å². The minimum absolute atomic E-state index is 0.00344. The molecule has 3 heterocycles. The summed E-state index contributed by atoms with van der Waals surface area (Å²) in [5.41, 5.74) is 0.977. The van der Waals surface area contributed by atoms with E-state index < -0.39 is 27.4 Å². The average Bonchev–Trinajstić information content (AvgIpc) is 3.34. The third kappa shape index (κ3) is 5.46. The summed E-state index contributed by atoms with van der Waals surface area (Å²) in [5, 5.41) is 3.43. The molecule has 0 aliphatic carbocycles. The van der Waals surface area contributed by atoms with Gasteiger partial charge in [-0.05, 0) is 81.4 Å². The first-order valence-electron chi connectivity index (χ1n) is 12.0. The van der Waals surface area contributed by atoms with Crippen molar-refractivity contribution in [1.29, 1.82) is 0 Å². The molecule has 1 atom stereocenters. The number of nitrogens with one attached hydrogen (secondary N) is 2. The fourth-order valence-corrected chi connectivity index (χ4v) is 6.90. The van der Waals surface area contributed by atoms with Gasteiger partial charge in [0.2, 0.25) is 5.13 Å². The van der Waals surface area contributed by atoms with Crippen LogP contribution in [-0.2, 0) is 16.2 Å². The predicted molar refractivity (Wildman–Crippen MR) is 135 cm³/mol. The highest BCUT2D eigenvalue weighted by atomic mass is 32.2. The van der Waals surface area contributed by atoms with Crippen LogP contribution in [0.15, 0.2) is 47.6 Å². The van der Waals surface area contributed by atoms with Gasteiger partial charge in [-0.15, -0.1) is 0 Å². The van der Waals surface area contributed by atoms with Crippen molar-refractivity contribution < 1.29 is 26.3 Å². The van der Waals surface area contributed by atoms with Crippen LogP contribution in [0, 0.1) is 0 Å². The summed E-state index contributed by atoms with van der Waals surface area (Å²) in [6, 6.07) is 8.71. The average molecular weight is 553 g/mol. The normalized spacial score (nSPS) is 20.2. The maximum absolute atomic E-state index is 13.7. The van der Waals surface area contributed by atoms with E-state index in [-0.39, 0.29) is 21.9 Å². The standard InChI is InChI=1S/C25H27F3N4O3S2/c1-24(2)13-21(18-5-3-16(25(26,27)28)11-20(18)15-7-9-29-10-8-15)19-6-4-17(12-22(19)35-24)37(33,34)32-23-30-14-31-36-23/h3-6,11-12,14-15,21,29H,7-10,13H2,1-2H3,(H,30,31,32)/t21-/m0/s1. The first kappa shape index (κ1) is 25.9. The number of fused-ring (bicyclic) bond motifs is 1. The third-order valence-electron chi connectivity index (χ3n) is 6.90. The lowest BCUT2D eigenvalue weighted by atomic mass is 9.75. The highest BCUT2D eigenvalue weighted by Gasteiger charge is 2.39. The zero-order valence-corrected chi connectivity index (χ0v) is 21.9. The van der Waals surface area contributed by atoms with Crippen molar-refractivity contribution in [3.8, 4) is 5.75 Å². The monoisotopic (exact) mass is 552 g/mol. The summed E-state index contributed by atoms with van der Waals surface area (Å²) in [6.07, 6.45) is -1.13. The van der Waals surface area contributed by atoms with Crippen LogP contribution in [0.1, 0.15) is 67.2 Å². The number of alkyl halides is 3. The molecule has 0 unspecified atom stereocenters. The second kappa shape index (κ2) is 9.55. The van der Waals surface area contributed by atoms with Crippen LogP contribution in [0.4, 0.5) is 18.3 Å². The Bertz CT molecular complexity index is 1390. The fraction of sp³-hybridized carbons (Fsp3) is 0.440. The quantitative estimate of drug-likeness (QED) is 0.433. The summed E-state index contributed by atoms with van der Waals surface area (Å²) >= 11 is 0.921. The number of anilines is 1. The lowest BCUT2D eigenvalue weighted by Crippen LogP contribution is -2.36. The lowest BCUT2D eigenvalue weighted by Gasteiger charge is -2.39. The van der Waals surface area contributed by atoms with Crippen molar-refractivity contribution in [3.63, 3.8) is 0 Å². The molecule has 7 nitrogen and oxygen atoms in total. The van der Waals surface area contributed by atoms with Gasteiger partial charge in [0.15, 0.2) is 0 Å². The molecule has 2 aliphatic rings. The molecule has 3 aromatic rings. The van der Waals surface area contributed by atoms with E-state index in [1.54, 1.807) is 12.1 Å². The van der Waals surface area contributed by atoms with E-state index >= 15 is 0 Å². The van der Waals surface area contributed by atoms with E-state index in [9.17, 15) is 21.6 Å². The van der Waals surface area contributed by atoms with E-state index in [4.69, 9.17) is 4.74 Å². The van der Waals surface area contributed by atoms with Gasteiger partial charge in [-0.3, -0.25) is 4.72 Å². The molecule has 0 spiro atoms. The molecule has 5 rings (SSSR count). The molecule has 1 aromatic heterocycles. The Morgan fingerprint density at radius 2 is 1.81 bits per heavy atom. The Labute approximate surface area is 217 Å². The summed E-state index contributed by atoms with van der Waals surface area (Å²) in [7, 11) is -3.94. The zero-order valence-electron chi connectivity index (χ0n) is 20.3. The van der Waals surface area contributed by atoms with Gasteiger partial charge in [0.25, 0.3) is 10.0 Å². The Morgan fingerprint density at radius 1 is 1.08 bits per heavy atom. The molecule has 12 heteroatoms. The summed E-state index contributed by atoms with van der Waals surface area (Å²) < 4.78 is 79.3. The summed E-state index contributed by atoms with van der Waals surface area (Å²) in [4.78, 5) is 3.87. The minimum atomic E-state index is -4.43. The van der Waals surface area contributed by atoms with Crippen LogP contribution in [0.25, 0.3) is 0 Å². The van der Waals surface area contributed by atoms with E-state index in [0.717, 1.165) is 54.7 Å². The number of hydrogen-bond acceptors (Lipinski definition) is 7. The van der Waals surface area contributed by atoms with Crippen molar-refractivity contribution in [2.24, 2.45) is 0 Å². The van der Waals surface area contributed by atoms with Crippen molar-refractivity contribution in [3.05, 3.63) is 65.0 Å². The topological polar surface area (TPSA) is 93.2 Å². The summed E-state index contributed by atoms with van der Waals surface area (Å²) in [5.74, 6) is 0.153. The van der Waals surface area contributed by atoms with E-state index in [1.165, 1.54) is 24.5 Å². The van der Waals surface area contributed by atoms with Crippen molar-refractivity contribution >= 4 is 26.7 Å². The Balaban J connectivity index is 1.58. The third-order valence-corrected chi connectivity index (χ3v) is 8.95. The second-order valence-corrected chi connectivity index (χ2v) is 12.5. The Morgan fingerprint density at radius 3 is 2.49 bits per heavy atom. The molecular formula is C25H27F3N4O3S2. The van der Waals surface area contributed by atoms with Gasteiger partial charge in [0.05, 0.1) is 10.5 Å². The van der Waals surface area contributed by atoms with E-state index in [0.29, 0.717) is 17.7 Å². The minimum Gasteiger partial charge on any atom is -0.487 e. The molecule has 1 fully saturated rings. The molecule has 2 aromatic carbocycles. The van der Waals surface area contributed by atoms with Crippen molar-refractivity contribution in [2.45, 2.75) is 61.6 Å². The Hall–Kier alpha value is -2.70. The molecule has 1 saturated heterocycles. The maximum Gasteiger partial charge on any atom is 0.416 e. The molecule has 0 saturated carbocycles. The number of nitrogens with zero attached hydrogens (tertiary/aromatic N) is 2. The largest absolute Gasteiger partial charge is 0.487 e. The van der Waals surface area contributed by atoms with Crippen molar-refractivity contribution in [1.82, 2.24) is 14.7 Å². The van der Waals surface area contributed by atoms with Gasteiger partial charge in [-0.1, -0.05) is 12.1 Å². The van der Waals surface area contributed by atoms with E-state index in [1.807, 2.05) is 13.8 Å². The molecule has 37 heavy (non-hydrogen) atoms. The van der Waals surface area contributed by atoms with Gasteiger partial charge < -0.3 is 10.1 Å². The highest BCUT2D eigenvalue weighted by molar-refractivity contribution is 7.93. The van der Waals surface area contributed by atoms with Gasteiger partial charge >= 0.3 is 6.18 Å². The molecule has 198 valence electrons. The number of piperidine rings is 1. The fourth-order valence-electron chi connectivity index (χ4n) is 5.22. The number of ether oxygens (including phenoxy) is 1. The molecule has 0 radical (unpaired) electrons. The van der Waals surface area contributed by atoms with Crippen molar-refractivity contribution in [2.75, 3.05) is 17.8 Å². The first-order chi connectivity index (χ1) is 17.4. The van der Waals surface area contributed by atoms with Crippen LogP contribution in [0.3, 0.4) is 0 Å². The highest BCUT2D eigenvalue weighted by Crippen LogP contribution is 2.48. The molecule has 0 amide bonds. The predicted octanol–water partition coefficient (Wildman–Crippen LogP) is 5.52. The number of sulfonamides is 1. The lowest BCUT2D eigenvalue weighted by molar-refractivity contribution is -0.137. The van der Waals surface area contributed by atoms with Gasteiger partial charge in [-0.25, -0.2) is 13.4 Å². The van der Waals surface area contributed by atoms with Crippen LogP contribution in [0.2, 0.25) is 0 Å². The number of hydrogen-bond donors (Lipinski definition) is 2. The molecule has 2 N–H and O–H groups in total. The van der Waals surface area contributed by atoms with Crippen LogP contribution in [-0.4, -0.2) is 36.5 Å². The number of aromatic nitrogens is 2. The van der Waals surface area contributed by atoms with Gasteiger partial charge in [0, 0.05) is 29.1 Å². The summed E-state index contributed by atoms with van der Waals surface area (Å²) in [6.45, 7) is 5.30. The smallest absolute Gasteiger partial charge is 0.416 e. The number of rotatable bonds is 5. The van der Waals surface area contributed by atoms with Crippen LogP contribution < -0.4 is 14.8 Å². The maximum atomic E-state index is 13.7. The molecular weight excluding hydrogens is 525 g/mol. The molecule has 0 bridgehead atoms. The SMILES string of the molecule is CC1(C)C[C@@H](c2ccc(C(F)(F)F)cc2C2CCNCC2)c2ccc(S(=O)(=O)Nc3ncns3)cc2O1. The van der Waals surface area contributed by atoms with Crippen LogP contribution >= 0.6 is 11.5 Å². The second-order valence-electron chi connectivity index (χ2n) is 10.0. The first-order valence-corrected chi connectivity index (χ1v) is 14.2. The Kier molecular flexibility index (Phi) is 6.70. The van der Waals surface area contributed by atoms with E-state index in [2.05, 4.69) is 19.4 Å². The zero-order chi connectivity index (χ0) is 26.4. The number of halogens is 3. The van der Waals surface area contributed by atoms with Crippen LogP contribution in [0.5, 0.6) is 5.75 Å².